The number of rotatable bonds is 6. The van der Waals surface area contributed by atoms with Crippen LogP contribution in [0.15, 0.2) is 36.4 Å². The maximum Gasteiger partial charge on any atom is 0.260 e. The van der Waals surface area contributed by atoms with Crippen molar-refractivity contribution < 1.29 is 18.7 Å². The van der Waals surface area contributed by atoms with Crippen LogP contribution in [0.3, 0.4) is 0 Å². The maximum atomic E-state index is 13.0. The van der Waals surface area contributed by atoms with Gasteiger partial charge in [0.05, 0.1) is 11.6 Å². The van der Waals surface area contributed by atoms with Crippen LogP contribution in [0.5, 0.6) is 5.75 Å². The third-order valence-electron chi connectivity index (χ3n) is 3.93. The molecular weight excluding hydrogens is 359 g/mol. The molecule has 0 fully saturated rings. The van der Waals surface area contributed by atoms with E-state index in [1.807, 2.05) is 32.0 Å². The summed E-state index contributed by atoms with van der Waals surface area (Å²) in [4.78, 5) is 25.5. The van der Waals surface area contributed by atoms with Crippen molar-refractivity contribution in [2.75, 3.05) is 25.5 Å². The summed E-state index contributed by atoms with van der Waals surface area (Å²) >= 11 is 5.84. The van der Waals surface area contributed by atoms with Crippen molar-refractivity contribution in [2.24, 2.45) is 0 Å². The van der Waals surface area contributed by atoms with Crippen molar-refractivity contribution in [2.45, 2.75) is 13.8 Å². The van der Waals surface area contributed by atoms with Gasteiger partial charge in [0.15, 0.2) is 6.61 Å². The second kappa shape index (κ2) is 8.67. The zero-order valence-electron chi connectivity index (χ0n) is 14.8. The van der Waals surface area contributed by atoms with E-state index in [2.05, 4.69) is 5.32 Å². The molecule has 2 amide bonds. The Labute approximate surface area is 156 Å². The number of hydrogen-bond acceptors (Lipinski definition) is 3. The topological polar surface area (TPSA) is 58.6 Å². The highest BCUT2D eigenvalue weighted by Gasteiger charge is 2.15. The van der Waals surface area contributed by atoms with E-state index in [1.54, 1.807) is 0 Å². The number of amides is 2. The minimum absolute atomic E-state index is 0.0770. The predicted octanol–water partition coefficient (Wildman–Crippen LogP) is 3.57. The molecule has 0 saturated heterocycles. The van der Waals surface area contributed by atoms with Gasteiger partial charge < -0.3 is 15.0 Å². The minimum atomic E-state index is -0.492. The third-order valence-corrected chi connectivity index (χ3v) is 4.23. The molecule has 0 aliphatic rings. The van der Waals surface area contributed by atoms with Crippen LogP contribution in [0.1, 0.15) is 11.1 Å². The maximum absolute atomic E-state index is 13.0. The quantitative estimate of drug-likeness (QED) is 0.836. The molecule has 0 radical (unpaired) electrons. The lowest BCUT2D eigenvalue weighted by Gasteiger charge is -2.18. The number of anilines is 1. The highest BCUT2D eigenvalue weighted by atomic mass is 35.5. The van der Waals surface area contributed by atoms with Crippen molar-refractivity contribution >= 4 is 29.1 Å². The summed E-state index contributed by atoms with van der Waals surface area (Å²) in [6, 6.07) is 9.25. The fourth-order valence-corrected chi connectivity index (χ4v) is 2.44. The standard InChI is InChI=1S/C19H20ClFN2O3/c1-12-5-4-6-16(13(12)2)22-18(24)10-23(3)19(25)11-26-17-8-7-14(21)9-15(17)20/h4-9H,10-11H2,1-3H3,(H,22,24). The molecule has 26 heavy (non-hydrogen) atoms. The first-order chi connectivity index (χ1) is 12.3. The van der Waals surface area contributed by atoms with Gasteiger partial charge in [-0.2, -0.15) is 0 Å². The Morgan fingerprint density at radius 1 is 1.23 bits per heavy atom. The van der Waals surface area contributed by atoms with Crippen molar-refractivity contribution in [1.82, 2.24) is 4.90 Å². The average molecular weight is 379 g/mol. The van der Waals surface area contributed by atoms with Gasteiger partial charge in [0.25, 0.3) is 5.91 Å². The predicted molar refractivity (Wildman–Crippen MR) is 99.1 cm³/mol. The summed E-state index contributed by atoms with van der Waals surface area (Å²) < 4.78 is 18.3. The zero-order valence-corrected chi connectivity index (χ0v) is 15.6. The van der Waals surface area contributed by atoms with Crippen molar-refractivity contribution in [3.05, 3.63) is 58.4 Å². The number of nitrogens with zero attached hydrogens (tertiary/aromatic N) is 1. The second-order valence-electron chi connectivity index (χ2n) is 5.91. The van der Waals surface area contributed by atoms with E-state index in [-0.39, 0.29) is 29.8 Å². The monoisotopic (exact) mass is 378 g/mol. The molecule has 0 atom stereocenters. The number of carbonyl (C=O) groups excluding carboxylic acids is 2. The van der Waals surface area contributed by atoms with Gasteiger partial charge in [-0.15, -0.1) is 0 Å². The van der Waals surface area contributed by atoms with Crippen LogP contribution in [0, 0.1) is 19.7 Å². The van der Waals surface area contributed by atoms with Gasteiger partial charge in [-0.05, 0) is 49.2 Å². The van der Waals surface area contributed by atoms with Crippen molar-refractivity contribution in [3.8, 4) is 5.75 Å². The first-order valence-corrected chi connectivity index (χ1v) is 8.33. The van der Waals surface area contributed by atoms with Gasteiger partial charge in [0.2, 0.25) is 5.91 Å². The van der Waals surface area contributed by atoms with Gasteiger partial charge in [-0.3, -0.25) is 9.59 Å². The highest BCUT2D eigenvalue weighted by Crippen LogP contribution is 2.24. The molecule has 0 aliphatic heterocycles. The van der Waals surface area contributed by atoms with E-state index < -0.39 is 11.7 Å². The van der Waals surface area contributed by atoms with Gasteiger partial charge in [0, 0.05) is 12.7 Å². The van der Waals surface area contributed by atoms with Crippen LogP contribution >= 0.6 is 11.6 Å². The van der Waals surface area contributed by atoms with Crippen LogP contribution in [0.2, 0.25) is 5.02 Å². The lowest BCUT2D eigenvalue weighted by Crippen LogP contribution is -2.37. The van der Waals surface area contributed by atoms with E-state index >= 15 is 0 Å². The van der Waals surface area contributed by atoms with Crippen LogP contribution in [0.4, 0.5) is 10.1 Å². The molecule has 1 N–H and O–H groups in total. The SMILES string of the molecule is Cc1cccc(NC(=O)CN(C)C(=O)COc2ccc(F)cc2Cl)c1C. The third kappa shape index (κ3) is 5.20. The summed E-state index contributed by atoms with van der Waals surface area (Å²) in [5.41, 5.74) is 2.76. The minimum Gasteiger partial charge on any atom is -0.482 e. The summed E-state index contributed by atoms with van der Waals surface area (Å²) in [7, 11) is 1.50. The Morgan fingerprint density at radius 3 is 2.65 bits per heavy atom. The summed E-state index contributed by atoms with van der Waals surface area (Å²) in [5, 5.41) is 2.87. The highest BCUT2D eigenvalue weighted by molar-refractivity contribution is 6.32. The Bertz CT molecular complexity index is 826. The summed E-state index contributed by atoms with van der Waals surface area (Å²) in [5.74, 6) is -1.00. The molecule has 5 nitrogen and oxygen atoms in total. The van der Waals surface area contributed by atoms with E-state index in [4.69, 9.17) is 16.3 Å². The average Bonchev–Trinajstić information content (AvgIpc) is 2.57. The Morgan fingerprint density at radius 2 is 1.96 bits per heavy atom. The first kappa shape index (κ1) is 19.7. The Balaban J connectivity index is 1.88. The Hall–Kier alpha value is -2.60. The van der Waals surface area contributed by atoms with Gasteiger partial charge in [-0.25, -0.2) is 4.39 Å². The smallest absolute Gasteiger partial charge is 0.260 e. The molecule has 2 aromatic rings. The molecular formula is C19H20ClFN2O3. The lowest BCUT2D eigenvalue weighted by molar-refractivity contribution is -0.135. The first-order valence-electron chi connectivity index (χ1n) is 7.96. The van der Waals surface area contributed by atoms with Gasteiger partial charge in [-0.1, -0.05) is 23.7 Å². The normalized spacial score (nSPS) is 10.3. The number of benzene rings is 2. The molecule has 2 aromatic carbocycles. The molecule has 0 unspecified atom stereocenters. The van der Waals surface area contributed by atoms with Crippen molar-refractivity contribution in [3.63, 3.8) is 0 Å². The van der Waals surface area contributed by atoms with Crippen molar-refractivity contribution in [1.29, 1.82) is 0 Å². The fourth-order valence-electron chi connectivity index (χ4n) is 2.22. The lowest BCUT2D eigenvalue weighted by atomic mass is 10.1. The van der Waals surface area contributed by atoms with Gasteiger partial charge in [0.1, 0.15) is 11.6 Å². The van der Waals surface area contributed by atoms with Crippen LogP contribution in [-0.2, 0) is 9.59 Å². The number of nitrogens with one attached hydrogen (secondary N) is 1. The molecule has 0 aromatic heterocycles. The van der Waals surface area contributed by atoms with Crippen LogP contribution in [-0.4, -0.2) is 36.9 Å². The number of halogens is 2. The van der Waals surface area contributed by atoms with E-state index in [9.17, 15) is 14.0 Å². The van der Waals surface area contributed by atoms with E-state index in [0.717, 1.165) is 17.2 Å². The molecule has 2 rings (SSSR count). The number of likely N-dealkylation sites (N-methyl/N-ethyl adjacent to an activating group) is 1. The molecule has 0 saturated carbocycles. The van der Waals surface area contributed by atoms with Gasteiger partial charge >= 0.3 is 0 Å². The number of aryl methyl sites for hydroxylation is 1. The van der Waals surface area contributed by atoms with E-state index in [1.165, 1.54) is 24.1 Å². The second-order valence-corrected chi connectivity index (χ2v) is 6.32. The molecule has 0 bridgehead atoms. The molecule has 0 spiro atoms. The largest absolute Gasteiger partial charge is 0.482 e. The fraction of sp³-hybridized carbons (Fsp3) is 0.263. The zero-order chi connectivity index (χ0) is 19.3. The number of carbonyl (C=O) groups is 2. The molecule has 0 aliphatic carbocycles. The Kier molecular flexibility index (Phi) is 6.58. The van der Waals surface area contributed by atoms with Crippen LogP contribution in [0.25, 0.3) is 0 Å². The number of hydrogen-bond donors (Lipinski definition) is 1. The van der Waals surface area contributed by atoms with E-state index in [0.29, 0.717) is 5.69 Å². The van der Waals surface area contributed by atoms with Crippen LogP contribution < -0.4 is 10.1 Å². The molecule has 0 heterocycles. The molecule has 138 valence electrons. The summed E-state index contributed by atoms with van der Waals surface area (Å²) in [6.07, 6.45) is 0. The molecule has 7 heteroatoms. The summed E-state index contributed by atoms with van der Waals surface area (Å²) in [6.45, 7) is 3.45. The number of ether oxygens (including phenoxy) is 1.